The predicted octanol–water partition coefficient (Wildman–Crippen LogP) is 5.47. The zero-order valence-corrected chi connectivity index (χ0v) is 19.3. The van der Waals surface area contributed by atoms with Crippen molar-refractivity contribution in [3.63, 3.8) is 0 Å². The summed E-state index contributed by atoms with van der Waals surface area (Å²) >= 11 is 0. The Kier molecular flexibility index (Phi) is 16.5. The van der Waals surface area contributed by atoms with Crippen molar-refractivity contribution >= 4 is 12.3 Å². The van der Waals surface area contributed by atoms with Gasteiger partial charge in [-0.15, -0.1) is 0 Å². The van der Waals surface area contributed by atoms with Crippen LogP contribution in [0, 0.1) is 0 Å². The summed E-state index contributed by atoms with van der Waals surface area (Å²) in [6, 6.07) is 21.4. The molecule has 5 heteroatoms. The highest BCUT2D eigenvalue weighted by atomic mass is 16.3. The van der Waals surface area contributed by atoms with Gasteiger partial charge in [0.15, 0.2) is 0 Å². The highest BCUT2D eigenvalue weighted by Gasteiger charge is 2.11. The lowest BCUT2D eigenvalue weighted by atomic mass is 9.95. The standard InChI is InChI=1S/C13H19N.C7H9N.C6H10O.CH2O2/c1-3-7-12(8-4-1)11-14-13-9-5-2-6-10-13;8-6-7-4-2-1-3-5-7;7-6-4-2-1-3-5-6;2-1-3/h1,3-4,7-8,13-14H,2,5-6,9-11H2;1-5H,6,8H2;1-5H2;1H,(H,2,3). The summed E-state index contributed by atoms with van der Waals surface area (Å²) in [5.74, 6) is 0.464. The molecule has 2 aliphatic carbocycles. The van der Waals surface area contributed by atoms with Crippen molar-refractivity contribution in [2.75, 3.05) is 0 Å². The average Bonchev–Trinajstić information content (AvgIpc) is 2.86. The summed E-state index contributed by atoms with van der Waals surface area (Å²) < 4.78 is 0. The molecule has 0 spiro atoms. The molecule has 0 unspecified atom stereocenters. The minimum Gasteiger partial charge on any atom is -0.483 e. The van der Waals surface area contributed by atoms with Crippen molar-refractivity contribution in [1.82, 2.24) is 5.32 Å². The molecular weight excluding hydrogens is 400 g/mol. The van der Waals surface area contributed by atoms with Crippen LogP contribution in [0.25, 0.3) is 0 Å². The Morgan fingerprint density at radius 1 is 0.812 bits per heavy atom. The second-order valence-electron chi connectivity index (χ2n) is 8.10. The third-order valence-electron chi connectivity index (χ3n) is 5.53. The number of benzene rings is 2. The Balaban J connectivity index is 0.000000243. The van der Waals surface area contributed by atoms with Crippen molar-refractivity contribution in [2.45, 2.75) is 83.3 Å². The minimum absolute atomic E-state index is 0.250. The number of ketones is 1. The summed E-state index contributed by atoms with van der Waals surface area (Å²) in [6.45, 7) is 1.42. The van der Waals surface area contributed by atoms with Crippen molar-refractivity contribution in [3.8, 4) is 0 Å². The second kappa shape index (κ2) is 19.2. The molecule has 4 rings (SSSR count). The van der Waals surface area contributed by atoms with Crippen LogP contribution in [0.5, 0.6) is 0 Å². The number of hydrogen-bond acceptors (Lipinski definition) is 4. The van der Waals surface area contributed by atoms with E-state index < -0.39 is 0 Å². The zero-order chi connectivity index (χ0) is 23.3. The summed E-state index contributed by atoms with van der Waals surface area (Å²) in [5.41, 5.74) is 7.94. The predicted molar refractivity (Wildman–Crippen MR) is 131 cm³/mol. The molecule has 0 aliphatic heterocycles. The van der Waals surface area contributed by atoms with Gasteiger partial charge in [0.1, 0.15) is 5.78 Å². The van der Waals surface area contributed by atoms with Crippen molar-refractivity contribution in [3.05, 3.63) is 71.8 Å². The van der Waals surface area contributed by atoms with Gasteiger partial charge in [-0.2, -0.15) is 0 Å². The van der Waals surface area contributed by atoms with Crippen LogP contribution in [0.15, 0.2) is 60.7 Å². The molecule has 2 aromatic rings. The normalized spacial score (nSPS) is 15.6. The topological polar surface area (TPSA) is 92.4 Å². The van der Waals surface area contributed by atoms with Crippen LogP contribution in [0.4, 0.5) is 0 Å². The van der Waals surface area contributed by atoms with Crippen LogP contribution in [0.2, 0.25) is 0 Å². The van der Waals surface area contributed by atoms with Gasteiger partial charge in [-0.05, 0) is 36.8 Å². The molecule has 176 valence electrons. The van der Waals surface area contributed by atoms with Crippen molar-refractivity contribution < 1.29 is 14.7 Å². The van der Waals surface area contributed by atoms with Gasteiger partial charge in [0.2, 0.25) is 0 Å². The number of carbonyl (C=O) groups excluding carboxylic acids is 1. The first-order valence-corrected chi connectivity index (χ1v) is 11.8. The Morgan fingerprint density at radius 3 is 1.69 bits per heavy atom. The Bertz CT molecular complexity index is 693. The summed E-state index contributed by atoms with van der Waals surface area (Å²) in [5, 5.41) is 10.5. The van der Waals surface area contributed by atoms with E-state index in [9.17, 15) is 4.79 Å². The van der Waals surface area contributed by atoms with E-state index in [0.717, 1.165) is 38.3 Å². The highest BCUT2D eigenvalue weighted by molar-refractivity contribution is 5.78. The fourth-order valence-electron chi connectivity index (χ4n) is 3.72. The summed E-state index contributed by atoms with van der Waals surface area (Å²) in [7, 11) is 0. The second-order valence-corrected chi connectivity index (χ2v) is 8.10. The molecule has 2 fully saturated rings. The molecule has 0 bridgehead atoms. The molecule has 0 radical (unpaired) electrons. The molecule has 2 saturated carbocycles. The first-order valence-electron chi connectivity index (χ1n) is 11.8. The van der Waals surface area contributed by atoms with Gasteiger partial charge in [0.25, 0.3) is 6.47 Å². The molecule has 0 aromatic heterocycles. The maximum Gasteiger partial charge on any atom is 0.290 e. The molecule has 5 nitrogen and oxygen atoms in total. The lowest BCUT2D eigenvalue weighted by Gasteiger charge is -2.22. The zero-order valence-electron chi connectivity index (χ0n) is 19.3. The number of carbonyl (C=O) groups is 2. The van der Waals surface area contributed by atoms with Crippen molar-refractivity contribution in [1.29, 1.82) is 0 Å². The molecule has 2 aliphatic rings. The van der Waals surface area contributed by atoms with Crippen molar-refractivity contribution in [2.24, 2.45) is 5.73 Å². The van der Waals surface area contributed by atoms with Crippen LogP contribution < -0.4 is 11.1 Å². The van der Waals surface area contributed by atoms with Gasteiger partial charge in [-0.25, -0.2) is 0 Å². The first kappa shape index (κ1) is 27.5. The number of hydrogen-bond donors (Lipinski definition) is 3. The maximum absolute atomic E-state index is 10.5. The van der Waals surface area contributed by atoms with E-state index in [0.29, 0.717) is 12.3 Å². The molecule has 0 saturated heterocycles. The minimum atomic E-state index is -0.250. The van der Waals surface area contributed by atoms with Gasteiger partial charge < -0.3 is 16.2 Å². The smallest absolute Gasteiger partial charge is 0.290 e. The molecule has 0 heterocycles. The van der Waals surface area contributed by atoms with Crippen LogP contribution in [0.3, 0.4) is 0 Å². The number of Topliss-reactive ketones (excluding diaryl/α,β-unsaturated/α-hetero) is 1. The number of rotatable bonds is 4. The molecular formula is C27H40N2O3. The Morgan fingerprint density at radius 2 is 1.28 bits per heavy atom. The fourth-order valence-corrected chi connectivity index (χ4v) is 3.72. The van der Waals surface area contributed by atoms with Gasteiger partial charge in [-0.3, -0.25) is 9.59 Å². The average molecular weight is 441 g/mol. The summed E-state index contributed by atoms with van der Waals surface area (Å²) in [6.07, 6.45) is 12.2. The fraction of sp³-hybridized carbons (Fsp3) is 0.481. The van der Waals surface area contributed by atoms with E-state index in [1.807, 2.05) is 30.3 Å². The quantitative estimate of drug-likeness (QED) is 0.548. The number of carboxylic acid groups (broad SMARTS) is 1. The van der Waals surface area contributed by atoms with Crippen LogP contribution >= 0.6 is 0 Å². The molecule has 0 amide bonds. The van der Waals surface area contributed by atoms with E-state index in [1.165, 1.54) is 49.7 Å². The summed E-state index contributed by atoms with van der Waals surface area (Å²) in [4.78, 5) is 18.8. The molecule has 2 aromatic carbocycles. The monoisotopic (exact) mass is 440 g/mol. The van der Waals surface area contributed by atoms with E-state index >= 15 is 0 Å². The van der Waals surface area contributed by atoms with E-state index in [1.54, 1.807) is 0 Å². The van der Waals surface area contributed by atoms with Gasteiger partial charge in [0, 0.05) is 32.0 Å². The van der Waals surface area contributed by atoms with E-state index in [-0.39, 0.29) is 6.47 Å². The third kappa shape index (κ3) is 14.5. The van der Waals surface area contributed by atoms with E-state index in [2.05, 4.69) is 35.6 Å². The maximum atomic E-state index is 10.5. The largest absolute Gasteiger partial charge is 0.483 e. The van der Waals surface area contributed by atoms with Gasteiger partial charge >= 0.3 is 0 Å². The van der Waals surface area contributed by atoms with Gasteiger partial charge in [-0.1, -0.05) is 86.3 Å². The van der Waals surface area contributed by atoms with Crippen LogP contribution in [-0.4, -0.2) is 23.4 Å². The van der Waals surface area contributed by atoms with E-state index in [4.69, 9.17) is 15.6 Å². The third-order valence-corrected chi connectivity index (χ3v) is 5.53. The number of nitrogens with one attached hydrogen (secondary N) is 1. The Hall–Kier alpha value is -2.50. The van der Waals surface area contributed by atoms with Gasteiger partial charge in [0.05, 0.1) is 0 Å². The van der Waals surface area contributed by atoms with Crippen LogP contribution in [-0.2, 0) is 22.7 Å². The molecule has 32 heavy (non-hydrogen) atoms. The first-order chi connectivity index (χ1) is 15.7. The lowest BCUT2D eigenvalue weighted by Crippen LogP contribution is -2.30. The lowest BCUT2D eigenvalue weighted by molar-refractivity contribution is -0.123. The SMILES string of the molecule is NCc1ccccc1.O=C1CCCCC1.O=CO.c1ccc(CNC2CCCCC2)cc1. The molecule has 4 N–H and O–H groups in total. The van der Waals surface area contributed by atoms with Crippen LogP contribution in [0.1, 0.15) is 75.3 Å². The number of nitrogens with two attached hydrogens (primary N) is 1. The molecule has 0 atom stereocenters. The Labute approximate surface area is 193 Å². The highest BCUT2D eigenvalue weighted by Crippen LogP contribution is 2.17.